The van der Waals surface area contributed by atoms with Crippen molar-refractivity contribution in [2.45, 2.75) is 12.5 Å². The van der Waals surface area contributed by atoms with Crippen LogP contribution in [0.1, 0.15) is 17.4 Å². The number of hydrogen-bond donors (Lipinski definition) is 3. The Kier molecular flexibility index (Phi) is 4.24. The summed E-state index contributed by atoms with van der Waals surface area (Å²) in [5, 5.41) is 17.9. The van der Waals surface area contributed by atoms with Crippen LogP contribution in [-0.4, -0.2) is 15.2 Å². The first-order valence-electron chi connectivity index (χ1n) is 8.19. The second-order valence-corrected chi connectivity index (χ2v) is 6.23. The molecule has 4 rings (SSSR count). The highest BCUT2D eigenvalue weighted by atomic mass is 19.4. The fourth-order valence-electron chi connectivity index (χ4n) is 3.01. The molecule has 0 spiro atoms. The summed E-state index contributed by atoms with van der Waals surface area (Å²) >= 11 is 0. The highest BCUT2D eigenvalue weighted by Gasteiger charge is 2.34. The van der Waals surface area contributed by atoms with Crippen molar-refractivity contribution in [1.29, 1.82) is 0 Å². The zero-order chi connectivity index (χ0) is 20.1. The molecule has 0 aliphatic heterocycles. The summed E-state index contributed by atoms with van der Waals surface area (Å²) in [4.78, 5) is 3.01. The number of hydrogen-bond acceptors (Lipinski definition) is 3. The maximum absolute atomic E-state index is 13.9. The average Bonchev–Trinajstić information content (AvgIpc) is 3.28. The van der Waals surface area contributed by atoms with Crippen molar-refractivity contribution in [2.75, 3.05) is 0 Å². The fourth-order valence-corrected chi connectivity index (χ4v) is 3.01. The van der Waals surface area contributed by atoms with Crippen LogP contribution in [0.3, 0.4) is 0 Å². The van der Waals surface area contributed by atoms with Crippen LogP contribution in [0, 0.1) is 5.82 Å². The van der Waals surface area contributed by atoms with Gasteiger partial charge in [0.1, 0.15) is 0 Å². The number of nitrogens with one attached hydrogen (secondary N) is 1. The zero-order valence-corrected chi connectivity index (χ0v) is 14.1. The highest BCUT2D eigenvalue weighted by Crippen LogP contribution is 2.39. The molecule has 3 N–H and O–H groups in total. The van der Waals surface area contributed by atoms with Crippen molar-refractivity contribution >= 4 is 11.0 Å². The van der Waals surface area contributed by atoms with Gasteiger partial charge in [-0.25, -0.2) is 4.39 Å². The summed E-state index contributed by atoms with van der Waals surface area (Å²) in [6.45, 7) is 0. The van der Waals surface area contributed by atoms with Crippen LogP contribution >= 0.6 is 0 Å². The molecule has 28 heavy (non-hydrogen) atoms. The molecule has 0 atom stereocenters. The number of aromatic amines is 1. The van der Waals surface area contributed by atoms with Gasteiger partial charge in [0.05, 0.1) is 11.3 Å². The van der Waals surface area contributed by atoms with Gasteiger partial charge >= 0.3 is 6.18 Å². The van der Waals surface area contributed by atoms with Crippen molar-refractivity contribution in [1.82, 2.24) is 4.98 Å². The molecule has 4 aromatic rings. The van der Waals surface area contributed by atoms with Crippen LogP contribution in [-0.2, 0) is 6.18 Å². The molecule has 0 aliphatic carbocycles. The van der Waals surface area contributed by atoms with E-state index in [0.717, 1.165) is 12.1 Å². The Balaban J connectivity index is 1.74. The molecular formula is C20H13F4NO3. The largest absolute Gasteiger partial charge is 0.451 e. The van der Waals surface area contributed by atoms with Crippen LogP contribution in [0.2, 0.25) is 0 Å². The quantitative estimate of drug-likeness (QED) is 0.331. The number of benzene rings is 2. The first kappa shape index (κ1) is 18.3. The standard InChI is InChI=1S/C20H13F4NO3/c21-14-6-5-13(20(22,23)24)12-9-17(28-18(12)14)16-8-7-15(25-16)10-1-3-11(4-2-10)19(26)27/h1-9,19,25-27H. The van der Waals surface area contributed by atoms with Gasteiger partial charge in [-0.1, -0.05) is 24.3 Å². The fraction of sp³-hybridized carbons (Fsp3) is 0.100. The lowest BCUT2D eigenvalue weighted by molar-refractivity contribution is -0.136. The van der Waals surface area contributed by atoms with Gasteiger partial charge < -0.3 is 19.6 Å². The van der Waals surface area contributed by atoms with E-state index in [9.17, 15) is 17.6 Å². The van der Waals surface area contributed by atoms with Gasteiger partial charge in [0.2, 0.25) is 0 Å². The number of alkyl halides is 3. The predicted octanol–water partition coefficient (Wildman–Crippen LogP) is 5.24. The van der Waals surface area contributed by atoms with Gasteiger partial charge in [-0.05, 0) is 35.9 Å². The Morgan fingerprint density at radius 1 is 0.893 bits per heavy atom. The molecule has 0 amide bonds. The number of furan rings is 1. The van der Waals surface area contributed by atoms with Crippen LogP contribution < -0.4 is 0 Å². The monoisotopic (exact) mass is 391 g/mol. The number of rotatable bonds is 3. The minimum Gasteiger partial charge on any atom is -0.451 e. The summed E-state index contributed by atoms with van der Waals surface area (Å²) < 4.78 is 58.8. The SMILES string of the molecule is OC(O)c1ccc(-c2ccc(-c3cc4c(C(F)(F)F)ccc(F)c4o3)[nH]2)cc1. The van der Waals surface area contributed by atoms with Crippen molar-refractivity contribution in [3.63, 3.8) is 0 Å². The van der Waals surface area contributed by atoms with E-state index in [1.165, 1.54) is 12.1 Å². The molecule has 0 radical (unpaired) electrons. The van der Waals surface area contributed by atoms with Gasteiger partial charge in [-0.15, -0.1) is 0 Å². The summed E-state index contributed by atoms with van der Waals surface area (Å²) in [6.07, 6.45) is -6.21. The van der Waals surface area contributed by atoms with Crippen LogP contribution in [0.25, 0.3) is 33.7 Å². The number of H-pyrrole nitrogens is 1. The van der Waals surface area contributed by atoms with Gasteiger partial charge in [0.25, 0.3) is 0 Å². The minimum absolute atomic E-state index is 0.0688. The molecule has 144 valence electrons. The average molecular weight is 391 g/mol. The molecule has 0 saturated heterocycles. The van der Waals surface area contributed by atoms with E-state index in [1.54, 1.807) is 24.3 Å². The third kappa shape index (κ3) is 3.17. The Labute approximate surface area is 155 Å². The Hall–Kier alpha value is -3.10. The Bertz CT molecular complexity index is 1140. The number of aliphatic hydroxyl groups excluding tert-OH is 1. The minimum atomic E-state index is -4.63. The van der Waals surface area contributed by atoms with Crippen LogP contribution in [0.4, 0.5) is 17.6 Å². The topological polar surface area (TPSA) is 69.4 Å². The molecule has 0 saturated carbocycles. The van der Waals surface area contributed by atoms with E-state index in [1.807, 2.05) is 0 Å². The molecular weight excluding hydrogens is 378 g/mol. The molecule has 0 bridgehead atoms. The second-order valence-electron chi connectivity index (χ2n) is 6.23. The summed E-state index contributed by atoms with van der Waals surface area (Å²) in [7, 11) is 0. The molecule has 0 fully saturated rings. The number of aromatic nitrogens is 1. The number of halogens is 4. The van der Waals surface area contributed by atoms with E-state index in [0.29, 0.717) is 28.6 Å². The summed E-state index contributed by atoms with van der Waals surface area (Å²) in [6, 6.07) is 12.3. The summed E-state index contributed by atoms with van der Waals surface area (Å²) in [5.41, 5.74) is 0.624. The smallest absolute Gasteiger partial charge is 0.417 e. The normalized spacial score (nSPS) is 12.2. The van der Waals surface area contributed by atoms with Crippen molar-refractivity contribution in [3.8, 4) is 22.7 Å². The maximum atomic E-state index is 13.9. The Morgan fingerprint density at radius 2 is 1.57 bits per heavy atom. The zero-order valence-electron chi connectivity index (χ0n) is 14.1. The van der Waals surface area contributed by atoms with Gasteiger partial charge in [-0.2, -0.15) is 13.2 Å². The first-order chi connectivity index (χ1) is 13.2. The van der Waals surface area contributed by atoms with Gasteiger partial charge in [0, 0.05) is 16.6 Å². The third-order valence-corrected chi connectivity index (χ3v) is 4.41. The third-order valence-electron chi connectivity index (χ3n) is 4.41. The van der Waals surface area contributed by atoms with Crippen LogP contribution in [0.15, 0.2) is 59.0 Å². The highest BCUT2D eigenvalue weighted by molar-refractivity contribution is 5.86. The predicted molar refractivity (Wildman–Crippen MR) is 93.6 cm³/mol. The molecule has 0 unspecified atom stereocenters. The number of fused-ring (bicyclic) bond motifs is 1. The molecule has 8 heteroatoms. The lowest BCUT2D eigenvalue weighted by Gasteiger charge is -2.06. The summed E-state index contributed by atoms with van der Waals surface area (Å²) in [5.74, 6) is -0.807. The molecule has 2 heterocycles. The molecule has 0 aliphatic rings. The van der Waals surface area contributed by atoms with Gasteiger partial charge in [-0.3, -0.25) is 0 Å². The van der Waals surface area contributed by atoms with Gasteiger partial charge in [0.15, 0.2) is 23.5 Å². The number of aliphatic hydroxyl groups is 2. The molecule has 2 aromatic carbocycles. The van der Waals surface area contributed by atoms with Crippen molar-refractivity contribution in [3.05, 3.63) is 71.5 Å². The van der Waals surface area contributed by atoms with E-state index in [-0.39, 0.29) is 11.1 Å². The van der Waals surface area contributed by atoms with Crippen LogP contribution in [0.5, 0.6) is 0 Å². The van der Waals surface area contributed by atoms with E-state index in [2.05, 4.69) is 4.98 Å². The maximum Gasteiger partial charge on any atom is 0.417 e. The molecule has 4 nitrogen and oxygen atoms in total. The first-order valence-corrected chi connectivity index (χ1v) is 8.19. The molecule has 2 aromatic heterocycles. The Morgan fingerprint density at radius 3 is 2.21 bits per heavy atom. The lowest BCUT2D eigenvalue weighted by Crippen LogP contribution is -2.05. The lowest BCUT2D eigenvalue weighted by atomic mass is 10.1. The van der Waals surface area contributed by atoms with Crippen molar-refractivity contribution in [2.24, 2.45) is 0 Å². The van der Waals surface area contributed by atoms with E-state index >= 15 is 0 Å². The van der Waals surface area contributed by atoms with E-state index in [4.69, 9.17) is 14.6 Å². The van der Waals surface area contributed by atoms with E-state index < -0.39 is 29.4 Å². The van der Waals surface area contributed by atoms with Crippen molar-refractivity contribution < 1.29 is 32.2 Å². The second kappa shape index (κ2) is 6.50.